The molecule has 0 saturated heterocycles. The number of aldehydes is 1. The third kappa shape index (κ3) is 18.6. The number of unbranched alkanes of at least 4 members (excludes halogenated alkanes) is 4. The summed E-state index contributed by atoms with van der Waals surface area (Å²) < 4.78 is 0. The average Bonchev–Trinajstić information content (AvgIpc) is 2.50. The first-order valence-electron chi connectivity index (χ1n) is 7.93. The predicted octanol–water partition coefficient (Wildman–Crippen LogP) is 5.10. The van der Waals surface area contributed by atoms with Gasteiger partial charge in [-0.05, 0) is 38.2 Å². The van der Waals surface area contributed by atoms with E-state index in [0.717, 1.165) is 17.4 Å². The first kappa shape index (κ1) is 21.9. The molecular weight excluding hydrogens is 258 g/mol. The maximum atomic E-state index is 10.2. The normalized spacial score (nSPS) is 9.86. The average molecular weight is 291 g/mol. The van der Waals surface area contributed by atoms with Gasteiger partial charge >= 0.3 is 0 Å². The van der Waals surface area contributed by atoms with E-state index in [2.05, 4.69) is 19.2 Å². The van der Waals surface area contributed by atoms with Crippen LogP contribution >= 0.6 is 0 Å². The monoisotopic (exact) mass is 291 g/mol. The van der Waals surface area contributed by atoms with Crippen molar-refractivity contribution in [3.63, 3.8) is 0 Å². The summed E-state index contributed by atoms with van der Waals surface area (Å²) in [5.41, 5.74) is 1.81. The van der Waals surface area contributed by atoms with E-state index < -0.39 is 0 Å². The van der Waals surface area contributed by atoms with Gasteiger partial charge in [0.05, 0.1) is 0 Å². The van der Waals surface area contributed by atoms with Crippen molar-refractivity contribution in [1.82, 2.24) is 5.32 Å². The molecular formula is C19H33NO. The van der Waals surface area contributed by atoms with Crippen LogP contribution in [0.25, 0.3) is 6.08 Å². The summed E-state index contributed by atoms with van der Waals surface area (Å²) >= 11 is 0. The fraction of sp³-hybridized carbons (Fsp3) is 0.526. The van der Waals surface area contributed by atoms with Gasteiger partial charge in [0.15, 0.2) is 0 Å². The molecule has 0 aromatic heterocycles. The van der Waals surface area contributed by atoms with E-state index in [4.69, 9.17) is 0 Å². The van der Waals surface area contributed by atoms with E-state index in [-0.39, 0.29) is 0 Å². The van der Waals surface area contributed by atoms with Crippen LogP contribution in [0.15, 0.2) is 35.9 Å². The molecule has 0 unspecified atom stereocenters. The minimum absolute atomic E-state index is 0.746. The van der Waals surface area contributed by atoms with E-state index in [1.54, 1.807) is 6.92 Å². The lowest BCUT2D eigenvalue weighted by atomic mass is 10.1. The van der Waals surface area contributed by atoms with E-state index in [9.17, 15) is 4.79 Å². The third-order valence-corrected chi connectivity index (χ3v) is 2.59. The number of benzene rings is 1. The van der Waals surface area contributed by atoms with Gasteiger partial charge in [-0.15, -0.1) is 0 Å². The van der Waals surface area contributed by atoms with Gasteiger partial charge in [0.2, 0.25) is 0 Å². The van der Waals surface area contributed by atoms with Gasteiger partial charge in [0, 0.05) is 0 Å². The van der Waals surface area contributed by atoms with Crippen LogP contribution in [0, 0.1) is 0 Å². The van der Waals surface area contributed by atoms with Gasteiger partial charge in [-0.2, -0.15) is 0 Å². The van der Waals surface area contributed by atoms with E-state index in [1.165, 1.54) is 32.1 Å². The molecule has 0 bridgehead atoms. The Morgan fingerprint density at radius 3 is 1.86 bits per heavy atom. The third-order valence-electron chi connectivity index (χ3n) is 2.59. The van der Waals surface area contributed by atoms with Crippen molar-refractivity contribution in [2.45, 2.75) is 52.9 Å². The Hall–Kier alpha value is -1.41. The van der Waals surface area contributed by atoms with Crippen LogP contribution in [-0.4, -0.2) is 20.4 Å². The summed E-state index contributed by atoms with van der Waals surface area (Å²) in [7, 11) is 3.75. The topological polar surface area (TPSA) is 29.1 Å². The number of nitrogens with one attached hydrogen (secondary N) is 1. The van der Waals surface area contributed by atoms with E-state index >= 15 is 0 Å². The fourth-order valence-corrected chi connectivity index (χ4v) is 1.52. The number of hydrogen-bond acceptors (Lipinski definition) is 2. The van der Waals surface area contributed by atoms with Crippen molar-refractivity contribution in [2.24, 2.45) is 0 Å². The Bertz CT molecular complexity index is 340. The lowest BCUT2D eigenvalue weighted by molar-refractivity contribution is -0.104. The molecule has 1 rings (SSSR count). The zero-order valence-corrected chi connectivity index (χ0v) is 14.5. The Morgan fingerprint density at radius 1 is 1.00 bits per heavy atom. The van der Waals surface area contributed by atoms with Gasteiger partial charge in [0.25, 0.3) is 0 Å². The molecule has 120 valence electrons. The van der Waals surface area contributed by atoms with Crippen LogP contribution < -0.4 is 5.32 Å². The van der Waals surface area contributed by atoms with E-state index in [0.29, 0.717) is 0 Å². The maximum Gasteiger partial charge on any atom is 0.145 e. The smallest absolute Gasteiger partial charge is 0.145 e. The maximum absolute atomic E-state index is 10.2. The van der Waals surface area contributed by atoms with Crippen LogP contribution in [0.2, 0.25) is 0 Å². The Morgan fingerprint density at radius 2 is 1.48 bits per heavy atom. The molecule has 2 nitrogen and oxygen atoms in total. The zero-order chi connectivity index (χ0) is 16.3. The summed E-state index contributed by atoms with van der Waals surface area (Å²) in [5.74, 6) is 0. The molecule has 21 heavy (non-hydrogen) atoms. The highest BCUT2D eigenvalue weighted by molar-refractivity contribution is 5.80. The van der Waals surface area contributed by atoms with Crippen molar-refractivity contribution < 1.29 is 4.79 Å². The van der Waals surface area contributed by atoms with Gasteiger partial charge in [-0.1, -0.05) is 76.3 Å². The molecule has 0 saturated carbocycles. The van der Waals surface area contributed by atoms with Crippen LogP contribution in [0.5, 0.6) is 0 Å². The second-order valence-corrected chi connectivity index (χ2v) is 4.98. The fourth-order valence-electron chi connectivity index (χ4n) is 1.52. The summed E-state index contributed by atoms with van der Waals surface area (Å²) in [6.45, 7) is 6.28. The predicted molar refractivity (Wildman–Crippen MR) is 95.6 cm³/mol. The number of carbonyl (C=O) groups is 1. The molecule has 0 spiro atoms. The minimum atomic E-state index is 0.746. The largest absolute Gasteiger partial charge is 0.323 e. The lowest BCUT2D eigenvalue weighted by Crippen LogP contribution is -1.89. The number of rotatable bonds is 6. The molecule has 2 heteroatoms. The summed E-state index contributed by atoms with van der Waals surface area (Å²) in [6, 6.07) is 9.78. The molecule has 1 aromatic carbocycles. The van der Waals surface area contributed by atoms with Crippen LogP contribution in [0.4, 0.5) is 0 Å². The van der Waals surface area contributed by atoms with E-state index in [1.807, 2.05) is 50.5 Å². The first-order chi connectivity index (χ1) is 10.2. The molecule has 1 aromatic rings. The quantitative estimate of drug-likeness (QED) is 0.449. The highest BCUT2D eigenvalue weighted by Gasteiger charge is 1.86. The molecule has 0 fully saturated rings. The first-order valence-corrected chi connectivity index (χ1v) is 7.93. The Balaban J connectivity index is 0. The summed E-state index contributed by atoms with van der Waals surface area (Å²) in [4.78, 5) is 10.2. The summed E-state index contributed by atoms with van der Waals surface area (Å²) in [6.07, 6.45) is 9.72. The van der Waals surface area contributed by atoms with Crippen molar-refractivity contribution in [2.75, 3.05) is 14.1 Å². The lowest BCUT2D eigenvalue weighted by Gasteiger charge is -1.90. The van der Waals surface area contributed by atoms with Gasteiger partial charge in [-0.25, -0.2) is 0 Å². The Kier molecular flexibility index (Phi) is 19.4. The van der Waals surface area contributed by atoms with Gasteiger partial charge < -0.3 is 5.32 Å². The Labute approximate surface area is 131 Å². The second kappa shape index (κ2) is 18.6. The molecule has 1 N–H and O–H groups in total. The zero-order valence-electron chi connectivity index (χ0n) is 14.5. The van der Waals surface area contributed by atoms with Crippen molar-refractivity contribution in [3.05, 3.63) is 41.5 Å². The molecule has 0 amide bonds. The van der Waals surface area contributed by atoms with Crippen LogP contribution in [0.1, 0.15) is 58.4 Å². The van der Waals surface area contributed by atoms with Gasteiger partial charge in [0.1, 0.15) is 6.29 Å². The molecule has 0 heterocycles. The molecule has 0 atom stereocenters. The standard InChI is InChI=1S/C10H10O.C7H16.C2H7N/c1-9(8-11)7-10-5-3-2-4-6-10;1-3-5-7-6-4-2;1-3-2/h2-8H,1H3;3-7H2,1-2H3;3H,1-2H3/b9-7+;;. The molecule has 0 aliphatic carbocycles. The minimum Gasteiger partial charge on any atom is -0.323 e. The number of hydrogen-bond donors (Lipinski definition) is 1. The second-order valence-electron chi connectivity index (χ2n) is 4.98. The van der Waals surface area contributed by atoms with Crippen LogP contribution in [0.3, 0.4) is 0 Å². The van der Waals surface area contributed by atoms with Crippen molar-refractivity contribution >= 4 is 12.4 Å². The SMILES string of the molecule is C/C(C=O)=C\c1ccccc1.CCCCCCC.CNC. The highest BCUT2D eigenvalue weighted by Crippen LogP contribution is 2.03. The highest BCUT2D eigenvalue weighted by atomic mass is 16.1. The molecule has 0 radical (unpaired) electrons. The summed E-state index contributed by atoms with van der Waals surface area (Å²) in [5, 5.41) is 2.75. The molecule has 0 aliphatic rings. The van der Waals surface area contributed by atoms with Crippen molar-refractivity contribution in [3.8, 4) is 0 Å². The number of allylic oxidation sites excluding steroid dienone is 1. The van der Waals surface area contributed by atoms with Crippen LogP contribution in [-0.2, 0) is 4.79 Å². The van der Waals surface area contributed by atoms with Crippen molar-refractivity contribution in [1.29, 1.82) is 0 Å². The molecule has 0 aliphatic heterocycles. The number of carbonyl (C=O) groups excluding carboxylic acids is 1. The van der Waals surface area contributed by atoms with Gasteiger partial charge in [-0.3, -0.25) is 4.79 Å².